The first-order chi connectivity index (χ1) is 13.8. The Labute approximate surface area is 169 Å². The summed E-state index contributed by atoms with van der Waals surface area (Å²) in [5.41, 5.74) is 0.893. The van der Waals surface area contributed by atoms with E-state index in [9.17, 15) is 18.0 Å². The van der Waals surface area contributed by atoms with E-state index in [1.165, 1.54) is 30.6 Å². The second-order valence-corrected chi connectivity index (χ2v) is 6.89. The highest BCUT2D eigenvalue weighted by atomic mass is 32.1. The number of hydrogen-bond acceptors (Lipinski definition) is 5. The van der Waals surface area contributed by atoms with E-state index in [0.29, 0.717) is 22.3 Å². The van der Waals surface area contributed by atoms with Crippen LogP contribution >= 0.6 is 11.3 Å². The van der Waals surface area contributed by atoms with Crippen molar-refractivity contribution in [3.8, 4) is 22.8 Å². The van der Waals surface area contributed by atoms with Crippen LogP contribution in [-0.4, -0.2) is 25.1 Å². The molecule has 0 saturated heterocycles. The number of carbonyl (C=O) groups is 1. The average molecular weight is 422 g/mol. The molecule has 0 spiro atoms. The van der Waals surface area contributed by atoms with Crippen LogP contribution in [0.15, 0.2) is 47.8 Å². The van der Waals surface area contributed by atoms with E-state index in [1.807, 2.05) is 6.07 Å². The number of ether oxygens (including phenoxy) is 2. The number of amides is 1. The number of methoxy groups -OCH3 is 2. The van der Waals surface area contributed by atoms with Crippen LogP contribution < -0.4 is 14.8 Å². The SMILES string of the molecule is COc1ccc(-c2csc(NC(=O)Cc3cccc(C(F)(F)F)c3)n2)cc1OC. The van der Waals surface area contributed by atoms with E-state index in [0.717, 1.165) is 17.7 Å². The molecule has 3 aromatic rings. The average Bonchev–Trinajstić information content (AvgIpc) is 3.15. The van der Waals surface area contributed by atoms with Gasteiger partial charge in [0.05, 0.1) is 31.9 Å². The molecule has 2 aromatic carbocycles. The molecular formula is C20H17F3N2O3S. The Kier molecular flexibility index (Phi) is 6.07. The predicted octanol–water partition coefficient (Wildman–Crippen LogP) is 5.03. The van der Waals surface area contributed by atoms with Crippen molar-refractivity contribution in [1.29, 1.82) is 0 Å². The predicted molar refractivity (Wildman–Crippen MR) is 104 cm³/mol. The van der Waals surface area contributed by atoms with Crippen molar-refractivity contribution < 1.29 is 27.4 Å². The lowest BCUT2D eigenvalue weighted by molar-refractivity contribution is -0.137. The van der Waals surface area contributed by atoms with Gasteiger partial charge in [0.1, 0.15) is 0 Å². The molecular weight excluding hydrogens is 405 g/mol. The first-order valence-electron chi connectivity index (χ1n) is 8.44. The summed E-state index contributed by atoms with van der Waals surface area (Å²) in [5.74, 6) is 0.687. The fourth-order valence-electron chi connectivity index (χ4n) is 2.67. The van der Waals surface area contributed by atoms with Gasteiger partial charge in [0.25, 0.3) is 0 Å². The third kappa shape index (κ3) is 5.05. The molecule has 5 nitrogen and oxygen atoms in total. The van der Waals surface area contributed by atoms with Crippen molar-refractivity contribution in [3.63, 3.8) is 0 Å². The maximum absolute atomic E-state index is 12.8. The quantitative estimate of drug-likeness (QED) is 0.606. The van der Waals surface area contributed by atoms with Gasteiger partial charge in [-0.3, -0.25) is 4.79 Å². The first kappa shape index (κ1) is 20.7. The molecule has 0 atom stereocenters. The lowest BCUT2D eigenvalue weighted by atomic mass is 10.1. The standard InChI is InChI=1S/C20H17F3N2O3S/c1-27-16-7-6-13(10-17(16)28-2)15-11-29-19(24-15)25-18(26)9-12-4-3-5-14(8-12)20(21,22)23/h3-8,10-11H,9H2,1-2H3,(H,24,25,26). The van der Waals surface area contributed by atoms with Gasteiger partial charge in [-0.2, -0.15) is 13.2 Å². The summed E-state index contributed by atoms with van der Waals surface area (Å²) in [4.78, 5) is 16.6. The van der Waals surface area contributed by atoms with Gasteiger partial charge in [0, 0.05) is 10.9 Å². The van der Waals surface area contributed by atoms with E-state index < -0.39 is 17.6 Å². The maximum Gasteiger partial charge on any atom is 0.416 e. The summed E-state index contributed by atoms with van der Waals surface area (Å²) < 4.78 is 48.8. The van der Waals surface area contributed by atoms with Gasteiger partial charge in [0.15, 0.2) is 16.6 Å². The number of aromatic nitrogens is 1. The normalized spacial score (nSPS) is 11.2. The molecule has 1 N–H and O–H groups in total. The van der Waals surface area contributed by atoms with Gasteiger partial charge in [-0.25, -0.2) is 4.98 Å². The smallest absolute Gasteiger partial charge is 0.416 e. The number of anilines is 1. The molecule has 3 rings (SSSR count). The molecule has 9 heteroatoms. The minimum absolute atomic E-state index is 0.185. The molecule has 1 heterocycles. The fourth-order valence-corrected chi connectivity index (χ4v) is 3.40. The topological polar surface area (TPSA) is 60.5 Å². The Morgan fingerprint density at radius 3 is 2.55 bits per heavy atom. The largest absolute Gasteiger partial charge is 0.493 e. The molecule has 152 valence electrons. The van der Waals surface area contributed by atoms with Crippen LogP contribution in [0.5, 0.6) is 11.5 Å². The third-order valence-corrected chi connectivity index (χ3v) is 4.81. The molecule has 0 aliphatic carbocycles. The number of thiazole rings is 1. The molecule has 0 fully saturated rings. The summed E-state index contributed by atoms with van der Waals surface area (Å²) in [6, 6.07) is 10.0. The molecule has 0 saturated carbocycles. The Hall–Kier alpha value is -3.07. The summed E-state index contributed by atoms with van der Waals surface area (Å²) in [6.45, 7) is 0. The molecule has 0 radical (unpaired) electrons. The number of carbonyl (C=O) groups excluding carboxylic acids is 1. The number of halogens is 3. The minimum atomic E-state index is -4.45. The van der Waals surface area contributed by atoms with E-state index in [-0.39, 0.29) is 12.0 Å². The van der Waals surface area contributed by atoms with E-state index >= 15 is 0 Å². The Morgan fingerprint density at radius 1 is 1.10 bits per heavy atom. The summed E-state index contributed by atoms with van der Waals surface area (Å²) >= 11 is 1.22. The van der Waals surface area contributed by atoms with Crippen LogP contribution in [-0.2, 0) is 17.4 Å². The number of benzene rings is 2. The van der Waals surface area contributed by atoms with Crippen LogP contribution in [0.1, 0.15) is 11.1 Å². The van der Waals surface area contributed by atoms with Crippen molar-refractivity contribution in [1.82, 2.24) is 4.98 Å². The van der Waals surface area contributed by atoms with Crippen LogP contribution in [0.2, 0.25) is 0 Å². The highest BCUT2D eigenvalue weighted by Crippen LogP contribution is 2.33. The Bertz CT molecular complexity index is 1020. The number of nitrogens with zero attached hydrogens (tertiary/aromatic N) is 1. The van der Waals surface area contributed by atoms with Crippen molar-refractivity contribution in [2.75, 3.05) is 19.5 Å². The first-order valence-corrected chi connectivity index (χ1v) is 9.32. The zero-order valence-corrected chi connectivity index (χ0v) is 16.4. The monoisotopic (exact) mass is 422 g/mol. The zero-order chi connectivity index (χ0) is 21.0. The summed E-state index contributed by atoms with van der Waals surface area (Å²) in [7, 11) is 3.07. The van der Waals surface area contributed by atoms with Crippen LogP contribution in [0.4, 0.5) is 18.3 Å². The van der Waals surface area contributed by atoms with Crippen molar-refractivity contribution in [2.24, 2.45) is 0 Å². The number of nitrogens with one attached hydrogen (secondary N) is 1. The van der Waals surface area contributed by atoms with E-state index in [1.54, 1.807) is 24.6 Å². The number of alkyl halides is 3. The fraction of sp³-hybridized carbons (Fsp3) is 0.200. The number of hydrogen-bond donors (Lipinski definition) is 1. The highest BCUT2D eigenvalue weighted by molar-refractivity contribution is 7.14. The minimum Gasteiger partial charge on any atom is -0.493 e. The molecule has 0 unspecified atom stereocenters. The van der Waals surface area contributed by atoms with Crippen molar-refractivity contribution in [3.05, 3.63) is 59.0 Å². The van der Waals surface area contributed by atoms with Gasteiger partial charge < -0.3 is 14.8 Å². The summed E-state index contributed by atoms with van der Waals surface area (Å²) in [5, 5.41) is 4.74. The molecule has 1 aromatic heterocycles. The van der Waals surface area contributed by atoms with Gasteiger partial charge in [-0.1, -0.05) is 18.2 Å². The maximum atomic E-state index is 12.8. The second-order valence-electron chi connectivity index (χ2n) is 6.03. The third-order valence-electron chi connectivity index (χ3n) is 4.05. The van der Waals surface area contributed by atoms with Crippen molar-refractivity contribution >= 4 is 22.4 Å². The number of rotatable bonds is 6. The van der Waals surface area contributed by atoms with Gasteiger partial charge >= 0.3 is 6.18 Å². The molecule has 1 amide bonds. The van der Waals surface area contributed by atoms with Gasteiger partial charge in [-0.05, 0) is 29.8 Å². The lowest BCUT2D eigenvalue weighted by Gasteiger charge is -2.08. The Balaban J connectivity index is 1.70. The van der Waals surface area contributed by atoms with E-state index in [4.69, 9.17) is 9.47 Å². The van der Waals surface area contributed by atoms with Crippen LogP contribution in [0.25, 0.3) is 11.3 Å². The molecule has 0 aliphatic heterocycles. The molecule has 0 bridgehead atoms. The van der Waals surface area contributed by atoms with Crippen LogP contribution in [0.3, 0.4) is 0 Å². The van der Waals surface area contributed by atoms with E-state index in [2.05, 4.69) is 10.3 Å². The van der Waals surface area contributed by atoms with Crippen molar-refractivity contribution in [2.45, 2.75) is 12.6 Å². The molecule has 29 heavy (non-hydrogen) atoms. The highest BCUT2D eigenvalue weighted by Gasteiger charge is 2.30. The van der Waals surface area contributed by atoms with Crippen LogP contribution in [0, 0.1) is 0 Å². The lowest BCUT2D eigenvalue weighted by Crippen LogP contribution is -2.15. The van der Waals surface area contributed by atoms with Gasteiger partial charge in [0.2, 0.25) is 5.91 Å². The van der Waals surface area contributed by atoms with Gasteiger partial charge in [-0.15, -0.1) is 11.3 Å². The molecule has 0 aliphatic rings. The zero-order valence-electron chi connectivity index (χ0n) is 15.5. The Morgan fingerprint density at radius 2 is 1.86 bits per heavy atom. The second kappa shape index (κ2) is 8.52. The summed E-state index contributed by atoms with van der Waals surface area (Å²) in [6.07, 6.45) is -4.63.